The molecule has 2 fully saturated rings. The van der Waals surface area contributed by atoms with Gasteiger partial charge in [-0.2, -0.15) is 0 Å². The second-order valence-corrected chi connectivity index (χ2v) is 6.57. The molecule has 1 atom stereocenters. The van der Waals surface area contributed by atoms with Gasteiger partial charge in [-0.1, -0.05) is 12.1 Å². The number of aromatic hydroxyl groups is 1. The number of urea groups is 1. The molecule has 7 heteroatoms. The fraction of sp³-hybridized carbons (Fsp3) is 0.556. The van der Waals surface area contributed by atoms with Crippen molar-refractivity contribution < 1.29 is 19.4 Å². The van der Waals surface area contributed by atoms with E-state index in [-0.39, 0.29) is 29.8 Å². The monoisotopic (exact) mass is 347 g/mol. The Morgan fingerprint density at radius 2 is 1.96 bits per heavy atom. The van der Waals surface area contributed by atoms with Gasteiger partial charge in [0.1, 0.15) is 5.75 Å². The number of rotatable bonds is 4. The molecule has 0 aromatic heterocycles. The molecule has 0 aliphatic carbocycles. The average Bonchev–Trinajstić information content (AvgIpc) is 3.14. The number of nitrogens with zero attached hydrogens (tertiary/aromatic N) is 1. The minimum Gasteiger partial charge on any atom is -0.507 e. The summed E-state index contributed by atoms with van der Waals surface area (Å²) in [6, 6.07) is 6.44. The number of phenolic OH excluding ortho intramolecular Hbond substituents is 1. The number of hydrogen-bond acceptors (Lipinski definition) is 4. The molecule has 0 spiro atoms. The molecule has 2 heterocycles. The van der Waals surface area contributed by atoms with Crippen LogP contribution in [-0.4, -0.2) is 60.3 Å². The summed E-state index contributed by atoms with van der Waals surface area (Å²) in [5.41, 5.74) is 0.322. The van der Waals surface area contributed by atoms with Gasteiger partial charge in [-0.25, -0.2) is 4.79 Å². The summed E-state index contributed by atoms with van der Waals surface area (Å²) >= 11 is 0. The first-order valence-electron chi connectivity index (χ1n) is 8.86. The zero-order valence-corrected chi connectivity index (χ0v) is 14.2. The quantitative estimate of drug-likeness (QED) is 0.769. The summed E-state index contributed by atoms with van der Waals surface area (Å²) < 4.78 is 5.48. The number of nitrogens with one attached hydrogen (secondary N) is 2. The van der Waals surface area contributed by atoms with Crippen LogP contribution in [0.3, 0.4) is 0 Å². The van der Waals surface area contributed by atoms with Gasteiger partial charge in [0, 0.05) is 32.3 Å². The van der Waals surface area contributed by atoms with E-state index in [4.69, 9.17) is 4.74 Å². The Balaban J connectivity index is 1.41. The molecule has 0 radical (unpaired) electrons. The van der Waals surface area contributed by atoms with Crippen LogP contribution in [0.4, 0.5) is 4.79 Å². The van der Waals surface area contributed by atoms with Crippen molar-refractivity contribution in [1.82, 2.24) is 15.5 Å². The van der Waals surface area contributed by atoms with Crippen LogP contribution in [0.1, 0.15) is 36.0 Å². The van der Waals surface area contributed by atoms with Crippen molar-refractivity contribution in [2.75, 3.05) is 26.2 Å². The van der Waals surface area contributed by atoms with Gasteiger partial charge in [0.05, 0.1) is 11.7 Å². The smallest absolute Gasteiger partial charge is 0.315 e. The lowest BCUT2D eigenvalue weighted by Gasteiger charge is -2.32. The molecule has 0 saturated carbocycles. The molecule has 7 nitrogen and oxygen atoms in total. The van der Waals surface area contributed by atoms with Crippen molar-refractivity contribution in [3.05, 3.63) is 29.8 Å². The number of ether oxygens (including phenoxy) is 1. The maximum atomic E-state index is 12.5. The largest absolute Gasteiger partial charge is 0.507 e. The Morgan fingerprint density at radius 3 is 2.64 bits per heavy atom. The van der Waals surface area contributed by atoms with Gasteiger partial charge in [0.15, 0.2) is 0 Å². The molecular weight excluding hydrogens is 322 g/mol. The molecule has 2 saturated heterocycles. The Hall–Kier alpha value is -2.28. The second kappa shape index (κ2) is 8.20. The highest BCUT2D eigenvalue weighted by atomic mass is 16.5. The lowest BCUT2D eigenvalue weighted by Crippen LogP contribution is -2.50. The third-order valence-corrected chi connectivity index (χ3v) is 4.77. The topological polar surface area (TPSA) is 90.9 Å². The van der Waals surface area contributed by atoms with Gasteiger partial charge in [0.25, 0.3) is 5.91 Å². The van der Waals surface area contributed by atoms with E-state index in [9.17, 15) is 14.7 Å². The van der Waals surface area contributed by atoms with E-state index in [1.165, 1.54) is 6.07 Å². The van der Waals surface area contributed by atoms with Crippen LogP contribution in [0.2, 0.25) is 0 Å². The first-order valence-corrected chi connectivity index (χ1v) is 8.86. The molecule has 0 unspecified atom stereocenters. The lowest BCUT2D eigenvalue weighted by atomic mass is 10.0. The summed E-state index contributed by atoms with van der Waals surface area (Å²) in [6.45, 7) is 2.43. The molecule has 3 amide bonds. The molecule has 25 heavy (non-hydrogen) atoms. The molecular formula is C18H25N3O4. The van der Waals surface area contributed by atoms with E-state index in [1.807, 2.05) is 0 Å². The first kappa shape index (κ1) is 17.5. The molecule has 136 valence electrons. The second-order valence-electron chi connectivity index (χ2n) is 6.57. The molecule has 2 aliphatic heterocycles. The van der Waals surface area contributed by atoms with Crippen molar-refractivity contribution in [2.45, 2.75) is 37.8 Å². The Bertz CT molecular complexity index is 608. The number of amides is 3. The third-order valence-electron chi connectivity index (χ3n) is 4.77. The van der Waals surface area contributed by atoms with Gasteiger partial charge >= 0.3 is 6.03 Å². The number of para-hydroxylation sites is 1. The van der Waals surface area contributed by atoms with Crippen LogP contribution in [0.5, 0.6) is 5.75 Å². The van der Waals surface area contributed by atoms with Crippen LogP contribution >= 0.6 is 0 Å². The molecule has 0 bridgehead atoms. The number of piperidine rings is 1. The third kappa shape index (κ3) is 4.63. The number of carbonyl (C=O) groups excluding carboxylic acids is 2. The van der Waals surface area contributed by atoms with Gasteiger partial charge < -0.3 is 25.4 Å². The van der Waals surface area contributed by atoms with Crippen molar-refractivity contribution in [3.63, 3.8) is 0 Å². The summed E-state index contributed by atoms with van der Waals surface area (Å²) in [5, 5.41) is 15.6. The van der Waals surface area contributed by atoms with Gasteiger partial charge in [0.2, 0.25) is 0 Å². The average molecular weight is 347 g/mol. The minimum absolute atomic E-state index is 0.00116. The molecule has 3 rings (SSSR count). The number of phenols is 1. The molecule has 1 aromatic rings. The zero-order chi connectivity index (χ0) is 17.6. The van der Waals surface area contributed by atoms with Crippen LogP contribution in [0.25, 0.3) is 0 Å². The highest BCUT2D eigenvalue weighted by Gasteiger charge is 2.26. The van der Waals surface area contributed by atoms with E-state index >= 15 is 0 Å². The van der Waals surface area contributed by atoms with Gasteiger partial charge in [-0.15, -0.1) is 0 Å². The van der Waals surface area contributed by atoms with E-state index in [0.29, 0.717) is 38.0 Å². The van der Waals surface area contributed by atoms with Crippen molar-refractivity contribution in [3.8, 4) is 5.75 Å². The highest BCUT2D eigenvalue weighted by Crippen LogP contribution is 2.20. The standard InChI is InChI=1S/C18H25N3O4/c22-16-6-2-1-5-15(16)17(23)21-9-7-13(8-10-21)20-18(24)19-12-14-4-3-11-25-14/h1-2,5-6,13-14,22H,3-4,7-12H2,(H2,19,20,24)/t14-/m1/s1. The number of hydrogen-bond donors (Lipinski definition) is 3. The summed E-state index contributed by atoms with van der Waals surface area (Å²) in [6.07, 6.45) is 3.58. The van der Waals surface area contributed by atoms with Crippen molar-refractivity contribution in [2.24, 2.45) is 0 Å². The summed E-state index contributed by atoms with van der Waals surface area (Å²) in [5.74, 6) is -0.166. The fourth-order valence-electron chi connectivity index (χ4n) is 3.30. The zero-order valence-electron chi connectivity index (χ0n) is 14.2. The van der Waals surface area contributed by atoms with Gasteiger partial charge in [-0.3, -0.25) is 4.79 Å². The minimum atomic E-state index is -0.180. The SMILES string of the molecule is O=C(NC[C@H]1CCCO1)NC1CCN(C(=O)c2ccccc2O)CC1. The first-order chi connectivity index (χ1) is 12.1. The van der Waals surface area contributed by atoms with Gasteiger partial charge in [-0.05, 0) is 37.8 Å². The predicted molar refractivity (Wildman–Crippen MR) is 92.5 cm³/mol. The van der Waals surface area contributed by atoms with E-state index < -0.39 is 0 Å². The normalized spacial score (nSPS) is 21.1. The predicted octanol–water partition coefficient (Wildman–Crippen LogP) is 1.47. The van der Waals surface area contributed by atoms with Crippen LogP contribution in [0, 0.1) is 0 Å². The number of carbonyl (C=O) groups is 2. The van der Waals surface area contributed by atoms with Crippen molar-refractivity contribution >= 4 is 11.9 Å². The number of benzene rings is 1. The maximum absolute atomic E-state index is 12.5. The lowest BCUT2D eigenvalue weighted by molar-refractivity contribution is 0.0704. The molecule has 1 aromatic carbocycles. The van der Waals surface area contributed by atoms with E-state index in [0.717, 1.165) is 19.4 Å². The van der Waals surface area contributed by atoms with Crippen molar-refractivity contribution in [1.29, 1.82) is 0 Å². The Labute approximate surface area is 147 Å². The summed E-state index contributed by atoms with van der Waals surface area (Å²) in [4.78, 5) is 26.1. The molecule has 3 N–H and O–H groups in total. The molecule has 2 aliphatic rings. The number of likely N-dealkylation sites (tertiary alicyclic amines) is 1. The Morgan fingerprint density at radius 1 is 1.20 bits per heavy atom. The van der Waals surface area contributed by atoms with E-state index in [2.05, 4.69) is 10.6 Å². The maximum Gasteiger partial charge on any atom is 0.315 e. The fourth-order valence-corrected chi connectivity index (χ4v) is 3.30. The van der Waals surface area contributed by atoms with E-state index in [1.54, 1.807) is 23.1 Å². The highest BCUT2D eigenvalue weighted by molar-refractivity contribution is 5.96. The summed E-state index contributed by atoms with van der Waals surface area (Å²) in [7, 11) is 0. The van der Waals surface area contributed by atoms with Crippen LogP contribution < -0.4 is 10.6 Å². The van der Waals surface area contributed by atoms with Crippen LogP contribution in [-0.2, 0) is 4.74 Å². The van der Waals surface area contributed by atoms with Crippen LogP contribution in [0.15, 0.2) is 24.3 Å². The Kier molecular flexibility index (Phi) is 5.75.